The number of nitrogens with one attached hydrogen (secondary N) is 1. The predicted molar refractivity (Wildman–Crippen MR) is 77.1 cm³/mol. The Bertz CT molecular complexity index is 677. The lowest BCUT2D eigenvalue weighted by molar-refractivity contribution is 0.0465. The molecule has 1 saturated heterocycles. The number of aliphatic hydroxyl groups is 1. The van der Waals surface area contributed by atoms with Gasteiger partial charge in [-0.05, 0) is 36.5 Å². The summed E-state index contributed by atoms with van der Waals surface area (Å²) in [7, 11) is 0. The molecule has 1 aromatic heterocycles. The molecule has 4 rings (SSSR count). The zero-order chi connectivity index (χ0) is 15.2. The van der Waals surface area contributed by atoms with Crippen LogP contribution in [0.1, 0.15) is 24.8 Å². The van der Waals surface area contributed by atoms with Gasteiger partial charge in [0.1, 0.15) is 5.82 Å². The quantitative estimate of drug-likeness (QED) is 0.891. The van der Waals surface area contributed by atoms with Gasteiger partial charge in [-0.2, -0.15) is 5.21 Å². The number of fused-ring (bicyclic) bond motifs is 2. The summed E-state index contributed by atoms with van der Waals surface area (Å²) in [6.45, 7) is 1.65. The molecule has 6 nitrogen and oxygen atoms in total. The van der Waals surface area contributed by atoms with Gasteiger partial charge < -0.3 is 5.11 Å². The van der Waals surface area contributed by atoms with Crippen LogP contribution in [0, 0.1) is 11.7 Å². The number of hydrogen-bond acceptors (Lipinski definition) is 5. The number of halogens is 1. The lowest BCUT2D eigenvalue weighted by Crippen LogP contribution is -2.46. The molecule has 2 bridgehead atoms. The Morgan fingerprint density at radius 3 is 3.05 bits per heavy atom. The third-order valence-corrected chi connectivity index (χ3v) is 5.15. The Kier molecular flexibility index (Phi) is 3.19. The van der Waals surface area contributed by atoms with Crippen molar-refractivity contribution in [2.24, 2.45) is 5.92 Å². The van der Waals surface area contributed by atoms with E-state index in [1.54, 1.807) is 6.07 Å². The zero-order valence-corrected chi connectivity index (χ0v) is 12.2. The monoisotopic (exact) mass is 303 g/mol. The Labute approximate surface area is 127 Å². The molecule has 2 fully saturated rings. The second kappa shape index (κ2) is 5.10. The first-order chi connectivity index (χ1) is 10.7. The third-order valence-electron chi connectivity index (χ3n) is 5.15. The van der Waals surface area contributed by atoms with Crippen molar-refractivity contribution in [3.05, 3.63) is 29.6 Å². The molecule has 1 aliphatic heterocycles. The summed E-state index contributed by atoms with van der Waals surface area (Å²) < 4.78 is 14.4. The lowest BCUT2D eigenvalue weighted by atomic mass is 9.97. The Hall–Kier alpha value is -1.86. The van der Waals surface area contributed by atoms with Gasteiger partial charge in [0.2, 0.25) is 5.82 Å². The van der Waals surface area contributed by atoms with Gasteiger partial charge in [-0.3, -0.25) is 4.90 Å². The van der Waals surface area contributed by atoms with E-state index in [9.17, 15) is 9.50 Å². The number of piperidine rings is 1. The van der Waals surface area contributed by atoms with Crippen molar-refractivity contribution in [1.82, 2.24) is 25.5 Å². The second-order valence-corrected chi connectivity index (χ2v) is 6.41. The van der Waals surface area contributed by atoms with Crippen LogP contribution in [0.4, 0.5) is 4.39 Å². The number of nitrogens with zero attached hydrogens (tertiary/aromatic N) is 4. The van der Waals surface area contributed by atoms with Crippen LogP contribution in [-0.2, 0) is 6.54 Å². The average molecular weight is 303 g/mol. The van der Waals surface area contributed by atoms with Crippen molar-refractivity contribution >= 4 is 0 Å². The van der Waals surface area contributed by atoms with Crippen LogP contribution in [-0.4, -0.2) is 49.3 Å². The van der Waals surface area contributed by atoms with E-state index >= 15 is 0 Å². The van der Waals surface area contributed by atoms with Gasteiger partial charge in [-0.25, -0.2) is 4.39 Å². The summed E-state index contributed by atoms with van der Waals surface area (Å²) in [5.41, 5.74) is 1.12. The molecule has 1 saturated carbocycles. The number of aromatic nitrogens is 4. The first-order valence-electron chi connectivity index (χ1n) is 7.58. The summed E-state index contributed by atoms with van der Waals surface area (Å²) in [6.07, 6.45) is 3.22. The van der Waals surface area contributed by atoms with Crippen molar-refractivity contribution in [3.8, 4) is 11.4 Å². The standard InChI is InChI=1S/C15H18FN5O/c16-13-5-11(14-17-19-20-18-14)1-2-12(13)8-21-7-10-3-4-15(21,6-10)9-22/h1-2,5,10,22H,3-4,6-9H2,(H,17,18,19,20). The molecule has 2 aromatic rings. The number of aromatic amines is 1. The molecule has 0 spiro atoms. The lowest BCUT2D eigenvalue weighted by Gasteiger charge is -2.37. The van der Waals surface area contributed by atoms with Crippen LogP contribution in [0.25, 0.3) is 11.4 Å². The highest BCUT2D eigenvalue weighted by molar-refractivity contribution is 5.54. The number of rotatable bonds is 4. The van der Waals surface area contributed by atoms with E-state index in [0.29, 0.717) is 29.4 Å². The van der Waals surface area contributed by atoms with Crippen LogP contribution in [0.15, 0.2) is 18.2 Å². The molecule has 7 heteroatoms. The molecule has 2 aliphatic rings. The van der Waals surface area contributed by atoms with E-state index in [4.69, 9.17) is 0 Å². The summed E-state index contributed by atoms with van der Waals surface area (Å²) in [4.78, 5) is 2.24. The van der Waals surface area contributed by atoms with Crippen molar-refractivity contribution in [3.63, 3.8) is 0 Å². The summed E-state index contributed by atoms with van der Waals surface area (Å²) in [6, 6.07) is 5.03. The van der Waals surface area contributed by atoms with E-state index in [1.807, 2.05) is 6.07 Å². The molecule has 2 heterocycles. The van der Waals surface area contributed by atoms with Gasteiger partial charge in [0, 0.05) is 29.8 Å². The maximum absolute atomic E-state index is 14.4. The molecule has 2 atom stereocenters. The minimum Gasteiger partial charge on any atom is -0.394 e. The first-order valence-corrected chi connectivity index (χ1v) is 7.58. The van der Waals surface area contributed by atoms with Crippen molar-refractivity contribution in [2.45, 2.75) is 31.3 Å². The number of hydrogen-bond donors (Lipinski definition) is 2. The number of benzene rings is 1. The molecule has 22 heavy (non-hydrogen) atoms. The average Bonchev–Trinajstić information content (AvgIpc) is 3.25. The van der Waals surface area contributed by atoms with Crippen LogP contribution < -0.4 is 0 Å². The molecule has 1 aromatic carbocycles. The highest BCUT2D eigenvalue weighted by Crippen LogP contribution is 2.46. The highest BCUT2D eigenvalue weighted by Gasteiger charge is 2.49. The summed E-state index contributed by atoms with van der Waals surface area (Å²) in [5.74, 6) is 0.768. The van der Waals surface area contributed by atoms with Gasteiger partial charge in [-0.15, -0.1) is 10.2 Å². The molecule has 2 N–H and O–H groups in total. The van der Waals surface area contributed by atoms with Gasteiger partial charge in [0.25, 0.3) is 0 Å². The van der Waals surface area contributed by atoms with Crippen LogP contribution in [0.3, 0.4) is 0 Å². The Morgan fingerprint density at radius 1 is 1.45 bits per heavy atom. The van der Waals surface area contributed by atoms with Gasteiger partial charge in [0.05, 0.1) is 6.61 Å². The second-order valence-electron chi connectivity index (χ2n) is 6.41. The topological polar surface area (TPSA) is 77.9 Å². The largest absolute Gasteiger partial charge is 0.394 e. The molecule has 0 radical (unpaired) electrons. The van der Waals surface area contributed by atoms with Gasteiger partial charge in [0.15, 0.2) is 0 Å². The van der Waals surface area contributed by atoms with Crippen molar-refractivity contribution < 1.29 is 9.50 Å². The first kappa shape index (κ1) is 13.8. The maximum Gasteiger partial charge on any atom is 0.204 e. The SMILES string of the molecule is OCC12CCC(CN1Cc1ccc(-c3nn[nH]n3)cc1F)C2. The fourth-order valence-corrected chi connectivity index (χ4v) is 3.94. The molecule has 1 aliphatic carbocycles. The molecule has 0 amide bonds. The van der Waals surface area contributed by atoms with Gasteiger partial charge in [-0.1, -0.05) is 12.1 Å². The van der Waals surface area contributed by atoms with Crippen molar-refractivity contribution in [2.75, 3.05) is 13.2 Å². The normalized spacial score (nSPS) is 27.6. The molecule has 116 valence electrons. The van der Waals surface area contributed by atoms with E-state index in [1.165, 1.54) is 12.5 Å². The fraction of sp³-hybridized carbons (Fsp3) is 0.533. The number of H-pyrrole nitrogens is 1. The van der Waals surface area contributed by atoms with Crippen LogP contribution >= 0.6 is 0 Å². The van der Waals surface area contributed by atoms with Crippen LogP contribution in [0.5, 0.6) is 0 Å². The number of aliphatic hydroxyl groups excluding tert-OH is 1. The molecular weight excluding hydrogens is 285 g/mol. The smallest absolute Gasteiger partial charge is 0.204 e. The minimum atomic E-state index is -0.266. The predicted octanol–water partition coefficient (Wildman–Crippen LogP) is 1.35. The maximum atomic E-state index is 14.4. The Morgan fingerprint density at radius 2 is 2.36 bits per heavy atom. The zero-order valence-electron chi connectivity index (χ0n) is 12.2. The van der Waals surface area contributed by atoms with E-state index in [0.717, 1.165) is 19.4 Å². The van der Waals surface area contributed by atoms with E-state index in [-0.39, 0.29) is 18.0 Å². The third kappa shape index (κ3) is 2.12. The van der Waals surface area contributed by atoms with Crippen LogP contribution in [0.2, 0.25) is 0 Å². The number of tetrazole rings is 1. The fourth-order valence-electron chi connectivity index (χ4n) is 3.94. The van der Waals surface area contributed by atoms with Gasteiger partial charge >= 0.3 is 0 Å². The molecule has 2 unspecified atom stereocenters. The minimum absolute atomic E-state index is 0.135. The number of likely N-dealkylation sites (tertiary alicyclic amines) is 1. The molecular formula is C15H18FN5O. The summed E-state index contributed by atoms with van der Waals surface area (Å²) in [5, 5.41) is 23.3. The van der Waals surface area contributed by atoms with E-state index < -0.39 is 0 Å². The van der Waals surface area contributed by atoms with E-state index in [2.05, 4.69) is 25.5 Å². The Balaban J connectivity index is 1.56. The van der Waals surface area contributed by atoms with Crippen molar-refractivity contribution in [1.29, 1.82) is 0 Å². The summed E-state index contributed by atoms with van der Waals surface area (Å²) >= 11 is 0. The highest BCUT2D eigenvalue weighted by atomic mass is 19.1.